The quantitative estimate of drug-likeness (QED) is 0.921. The van der Waals surface area contributed by atoms with Crippen LogP contribution in [0.15, 0.2) is 36.4 Å². The van der Waals surface area contributed by atoms with Gasteiger partial charge in [0.15, 0.2) is 0 Å². The molecule has 2 aromatic rings. The van der Waals surface area contributed by atoms with Gasteiger partial charge in [-0.3, -0.25) is 0 Å². The summed E-state index contributed by atoms with van der Waals surface area (Å²) in [5.74, 6) is 0.385. The minimum absolute atomic E-state index is 0. The highest BCUT2D eigenvalue weighted by atomic mass is 35.5. The van der Waals surface area contributed by atoms with Crippen molar-refractivity contribution >= 4 is 23.2 Å². The monoisotopic (exact) mass is 305 g/mol. The maximum atomic E-state index is 12.5. The van der Waals surface area contributed by atoms with Gasteiger partial charge in [-0.05, 0) is 16.8 Å². The Labute approximate surface area is 121 Å². The molecule has 0 aliphatic carbocycles. The summed E-state index contributed by atoms with van der Waals surface area (Å²) in [4.78, 5) is 0. The van der Waals surface area contributed by atoms with E-state index in [9.17, 15) is 13.2 Å². The maximum Gasteiger partial charge on any atom is 0.390 e. The summed E-state index contributed by atoms with van der Waals surface area (Å²) in [5, 5.41) is 1.54. The molecular weight excluding hydrogens is 291 g/mol. The highest BCUT2D eigenvalue weighted by molar-refractivity contribution is 5.88. The molecule has 0 amide bonds. The number of nitrogens with two attached hydrogens (primary N) is 1. The standard InChI is InChI=1S/C14H14F3NO.ClH/c1-19-12-7-6-9-4-2-3-5-10(9)13(12)11(18)8-14(15,16)17;/h2-7,11H,8,18H2,1H3;1H/t11-;/m0./s1. The molecule has 0 radical (unpaired) electrons. The molecule has 0 fully saturated rings. The van der Waals surface area contributed by atoms with Crippen LogP contribution in [0.5, 0.6) is 5.75 Å². The Morgan fingerprint density at radius 3 is 2.40 bits per heavy atom. The van der Waals surface area contributed by atoms with Crippen LogP contribution in [0.3, 0.4) is 0 Å². The number of halogens is 4. The Morgan fingerprint density at radius 2 is 1.80 bits per heavy atom. The van der Waals surface area contributed by atoms with Crippen molar-refractivity contribution < 1.29 is 17.9 Å². The van der Waals surface area contributed by atoms with E-state index in [1.54, 1.807) is 24.3 Å². The van der Waals surface area contributed by atoms with Gasteiger partial charge in [-0.1, -0.05) is 30.3 Å². The van der Waals surface area contributed by atoms with Crippen molar-refractivity contribution in [2.75, 3.05) is 7.11 Å². The molecule has 6 heteroatoms. The lowest BCUT2D eigenvalue weighted by atomic mass is 9.96. The molecule has 0 bridgehead atoms. The van der Waals surface area contributed by atoms with Gasteiger partial charge in [0.05, 0.1) is 13.5 Å². The summed E-state index contributed by atoms with van der Waals surface area (Å²) in [6.07, 6.45) is -5.38. The van der Waals surface area contributed by atoms with Gasteiger partial charge in [0.2, 0.25) is 0 Å². The van der Waals surface area contributed by atoms with Crippen molar-refractivity contribution in [3.63, 3.8) is 0 Å². The van der Waals surface area contributed by atoms with E-state index >= 15 is 0 Å². The molecule has 0 heterocycles. The van der Waals surface area contributed by atoms with Gasteiger partial charge in [-0.25, -0.2) is 0 Å². The first kappa shape index (κ1) is 16.6. The molecule has 2 N–H and O–H groups in total. The smallest absolute Gasteiger partial charge is 0.390 e. The van der Waals surface area contributed by atoms with Crippen molar-refractivity contribution in [1.82, 2.24) is 0 Å². The van der Waals surface area contributed by atoms with E-state index in [2.05, 4.69) is 0 Å². The van der Waals surface area contributed by atoms with Crippen LogP contribution < -0.4 is 10.5 Å². The van der Waals surface area contributed by atoms with E-state index in [0.29, 0.717) is 16.7 Å². The molecule has 1 atom stereocenters. The molecule has 2 rings (SSSR count). The van der Waals surface area contributed by atoms with Crippen LogP contribution in [0.25, 0.3) is 10.8 Å². The lowest BCUT2D eigenvalue weighted by Crippen LogP contribution is -2.21. The number of ether oxygens (including phenoxy) is 1. The second kappa shape index (κ2) is 6.33. The van der Waals surface area contributed by atoms with E-state index in [0.717, 1.165) is 5.39 Å². The zero-order chi connectivity index (χ0) is 14.0. The molecule has 20 heavy (non-hydrogen) atoms. The van der Waals surface area contributed by atoms with Gasteiger partial charge < -0.3 is 10.5 Å². The summed E-state index contributed by atoms with van der Waals surface area (Å²) in [5.41, 5.74) is 6.12. The molecule has 2 nitrogen and oxygen atoms in total. The Balaban J connectivity index is 0.00000200. The summed E-state index contributed by atoms with van der Waals surface area (Å²) in [6.45, 7) is 0. The predicted octanol–water partition coefficient (Wildman–Crippen LogP) is 4.22. The van der Waals surface area contributed by atoms with Crippen LogP contribution in [0, 0.1) is 0 Å². The fourth-order valence-electron chi connectivity index (χ4n) is 2.19. The molecule has 0 aliphatic rings. The second-order valence-electron chi connectivity index (χ2n) is 4.33. The number of benzene rings is 2. The third-order valence-corrected chi connectivity index (χ3v) is 2.97. The maximum absolute atomic E-state index is 12.5. The molecular formula is C14H15ClF3NO. The number of fused-ring (bicyclic) bond motifs is 1. The van der Waals surface area contributed by atoms with E-state index in [1.807, 2.05) is 12.1 Å². The van der Waals surface area contributed by atoms with Gasteiger partial charge in [0, 0.05) is 11.6 Å². The Morgan fingerprint density at radius 1 is 1.15 bits per heavy atom. The first-order valence-electron chi connectivity index (χ1n) is 5.80. The van der Waals surface area contributed by atoms with Crippen molar-refractivity contribution in [3.05, 3.63) is 42.0 Å². The topological polar surface area (TPSA) is 35.2 Å². The fourth-order valence-corrected chi connectivity index (χ4v) is 2.19. The van der Waals surface area contributed by atoms with Crippen LogP contribution in [0.1, 0.15) is 18.0 Å². The molecule has 0 unspecified atom stereocenters. The third-order valence-electron chi connectivity index (χ3n) is 2.97. The number of rotatable bonds is 3. The molecule has 0 aromatic heterocycles. The molecule has 2 aromatic carbocycles. The van der Waals surface area contributed by atoms with Gasteiger partial charge in [-0.2, -0.15) is 13.2 Å². The van der Waals surface area contributed by atoms with Crippen LogP contribution >= 0.6 is 12.4 Å². The lowest BCUT2D eigenvalue weighted by Gasteiger charge is -2.19. The summed E-state index contributed by atoms with van der Waals surface area (Å²) in [6, 6.07) is 9.49. The first-order valence-corrected chi connectivity index (χ1v) is 5.80. The number of methoxy groups -OCH3 is 1. The Bertz CT molecular complexity index is 586. The summed E-state index contributed by atoms with van der Waals surface area (Å²) < 4.78 is 42.7. The Hall–Kier alpha value is -1.46. The zero-order valence-corrected chi connectivity index (χ0v) is 11.6. The van der Waals surface area contributed by atoms with Crippen molar-refractivity contribution in [2.45, 2.75) is 18.6 Å². The molecule has 0 saturated heterocycles. The number of alkyl halides is 3. The first-order chi connectivity index (χ1) is 8.92. The summed E-state index contributed by atoms with van der Waals surface area (Å²) in [7, 11) is 1.42. The minimum Gasteiger partial charge on any atom is -0.496 e. The van der Waals surface area contributed by atoms with Crippen LogP contribution in [0.2, 0.25) is 0 Å². The van der Waals surface area contributed by atoms with Crippen molar-refractivity contribution in [1.29, 1.82) is 0 Å². The normalized spacial score (nSPS) is 12.8. The van der Waals surface area contributed by atoms with Gasteiger partial charge in [0.25, 0.3) is 0 Å². The van der Waals surface area contributed by atoms with Crippen LogP contribution in [-0.4, -0.2) is 13.3 Å². The minimum atomic E-state index is -4.30. The highest BCUT2D eigenvalue weighted by Crippen LogP contribution is 2.37. The highest BCUT2D eigenvalue weighted by Gasteiger charge is 2.32. The lowest BCUT2D eigenvalue weighted by molar-refractivity contribution is -0.138. The molecule has 110 valence electrons. The van der Waals surface area contributed by atoms with Crippen molar-refractivity contribution in [2.24, 2.45) is 5.73 Å². The van der Waals surface area contributed by atoms with Gasteiger partial charge in [0.1, 0.15) is 5.75 Å². The predicted molar refractivity (Wildman–Crippen MR) is 75.3 cm³/mol. The average Bonchev–Trinajstić information content (AvgIpc) is 2.35. The molecule has 0 saturated carbocycles. The van der Waals surface area contributed by atoms with E-state index < -0.39 is 18.6 Å². The zero-order valence-electron chi connectivity index (χ0n) is 10.8. The van der Waals surface area contributed by atoms with Gasteiger partial charge in [-0.15, -0.1) is 12.4 Å². The molecule has 0 spiro atoms. The molecule has 0 aliphatic heterocycles. The summed E-state index contributed by atoms with van der Waals surface area (Å²) >= 11 is 0. The number of hydrogen-bond donors (Lipinski definition) is 1. The number of hydrogen-bond acceptors (Lipinski definition) is 2. The fraction of sp³-hybridized carbons (Fsp3) is 0.286. The largest absolute Gasteiger partial charge is 0.496 e. The average molecular weight is 306 g/mol. The van der Waals surface area contributed by atoms with E-state index in [4.69, 9.17) is 10.5 Å². The third kappa shape index (κ3) is 3.55. The van der Waals surface area contributed by atoms with Crippen LogP contribution in [0.4, 0.5) is 13.2 Å². The van der Waals surface area contributed by atoms with Crippen LogP contribution in [-0.2, 0) is 0 Å². The van der Waals surface area contributed by atoms with E-state index in [1.165, 1.54) is 7.11 Å². The second-order valence-corrected chi connectivity index (χ2v) is 4.33. The van der Waals surface area contributed by atoms with Crippen molar-refractivity contribution in [3.8, 4) is 5.75 Å². The van der Waals surface area contributed by atoms with Gasteiger partial charge >= 0.3 is 6.18 Å². The Kier molecular flexibility index (Phi) is 5.25. The van der Waals surface area contributed by atoms with E-state index in [-0.39, 0.29) is 12.4 Å². The SMILES string of the molecule is COc1ccc2ccccc2c1[C@@H](N)CC(F)(F)F.Cl.